The van der Waals surface area contributed by atoms with Gasteiger partial charge in [0, 0.05) is 17.3 Å². The minimum atomic E-state index is 0.585. The molecule has 4 heteroatoms. The first-order valence-electron chi connectivity index (χ1n) is 8.94. The highest BCUT2D eigenvalue weighted by atomic mass is 16.5. The van der Waals surface area contributed by atoms with Gasteiger partial charge in [0.05, 0.1) is 5.69 Å². The number of para-hydroxylation sites is 2. The molecule has 0 amide bonds. The van der Waals surface area contributed by atoms with Crippen LogP contribution in [0.5, 0.6) is 23.0 Å². The Morgan fingerprint density at radius 1 is 0.536 bits per heavy atom. The van der Waals surface area contributed by atoms with Crippen LogP contribution in [0.25, 0.3) is 11.1 Å². The van der Waals surface area contributed by atoms with Crippen molar-refractivity contribution in [1.82, 2.24) is 0 Å². The Bertz CT molecular complexity index is 1090. The van der Waals surface area contributed by atoms with Gasteiger partial charge in [-0.15, -0.1) is 0 Å². The van der Waals surface area contributed by atoms with Crippen molar-refractivity contribution in [1.29, 1.82) is 0 Å². The van der Waals surface area contributed by atoms with E-state index in [0.717, 1.165) is 11.1 Å². The Kier molecular flexibility index (Phi) is 4.85. The van der Waals surface area contributed by atoms with Crippen LogP contribution < -0.4 is 20.9 Å². The summed E-state index contributed by atoms with van der Waals surface area (Å²) in [5, 5.41) is 0. The van der Waals surface area contributed by atoms with Crippen LogP contribution in [0.4, 0.5) is 11.4 Å². The van der Waals surface area contributed by atoms with Gasteiger partial charge in [-0.2, -0.15) is 0 Å². The van der Waals surface area contributed by atoms with Crippen LogP contribution in [0.1, 0.15) is 0 Å². The van der Waals surface area contributed by atoms with Gasteiger partial charge in [-0.1, -0.05) is 48.5 Å². The van der Waals surface area contributed by atoms with Gasteiger partial charge in [-0.3, -0.25) is 0 Å². The number of anilines is 2. The number of hydrogen-bond acceptors (Lipinski definition) is 4. The molecule has 4 N–H and O–H groups in total. The van der Waals surface area contributed by atoms with Crippen LogP contribution in [0.2, 0.25) is 0 Å². The first-order chi connectivity index (χ1) is 13.7. The van der Waals surface area contributed by atoms with Crippen molar-refractivity contribution < 1.29 is 9.47 Å². The maximum Gasteiger partial charge on any atom is 0.150 e. The molecular formula is C24H20N2O2. The molecule has 0 aromatic heterocycles. The summed E-state index contributed by atoms with van der Waals surface area (Å²) < 4.78 is 12.1. The van der Waals surface area contributed by atoms with E-state index in [4.69, 9.17) is 20.9 Å². The topological polar surface area (TPSA) is 70.5 Å². The minimum Gasteiger partial charge on any atom is -0.457 e. The first kappa shape index (κ1) is 17.5. The summed E-state index contributed by atoms with van der Waals surface area (Å²) in [6.07, 6.45) is 0. The molecule has 0 heterocycles. The highest BCUT2D eigenvalue weighted by Crippen LogP contribution is 2.38. The number of ether oxygens (including phenoxy) is 2. The number of nitrogens with two attached hydrogens (primary N) is 2. The van der Waals surface area contributed by atoms with Gasteiger partial charge in [0.15, 0.2) is 0 Å². The van der Waals surface area contributed by atoms with Gasteiger partial charge < -0.3 is 20.9 Å². The van der Waals surface area contributed by atoms with Crippen LogP contribution in [0.3, 0.4) is 0 Å². The van der Waals surface area contributed by atoms with Gasteiger partial charge in [0.2, 0.25) is 0 Å². The second-order valence-corrected chi connectivity index (χ2v) is 6.34. The van der Waals surface area contributed by atoms with Gasteiger partial charge in [0.1, 0.15) is 23.0 Å². The molecule has 0 saturated heterocycles. The number of nitrogen functional groups attached to an aromatic ring is 2. The average Bonchev–Trinajstić information content (AvgIpc) is 2.71. The maximum atomic E-state index is 6.12. The lowest BCUT2D eigenvalue weighted by molar-refractivity contribution is 0.472. The zero-order chi connectivity index (χ0) is 19.3. The molecule has 0 aliphatic carbocycles. The lowest BCUT2D eigenvalue weighted by atomic mass is 10.0. The lowest BCUT2D eigenvalue weighted by Gasteiger charge is -2.15. The Morgan fingerprint density at radius 2 is 1.29 bits per heavy atom. The summed E-state index contributed by atoms with van der Waals surface area (Å²) in [4.78, 5) is 0. The molecular weight excluding hydrogens is 348 g/mol. The molecule has 0 aliphatic rings. The second kappa shape index (κ2) is 7.76. The summed E-state index contributed by atoms with van der Waals surface area (Å²) in [5.41, 5.74) is 15.1. The molecule has 0 atom stereocenters. The van der Waals surface area contributed by atoms with E-state index in [2.05, 4.69) is 0 Å². The van der Waals surface area contributed by atoms with Crippen LogP contribution in [-0.2, 0) is 0 Å². The van der Waals surface area contributed by atoms with Gasteiger partial charge in [-0.25, -0.2) is 0 Å². The first-order valence-corrected chi connectivity index (χ1v) is 8.94. The van der Waals surface area contributed by atoms with Crippen LogP contribution in [0, 0.1) is 0 Å². The van der Waals surface area contributed by atoms with Crippen molar-refractivity contribution in [3.8, 4) is 34.1 Å². The molecule has 4 aromatic rings. The lowest BCUT2D eigenvalue weighted by Crippen LogP contribution is -1.94. The zero-order valence-corrected chi connectivity index (χ0v) is 15.2. The largest absolute Gasteiger partial charge is 0.457 e. The number of hydrogen-bond donors (Lipinski definition) is 2. The molecule has 4 nitrogen and oxygen atoms in total. The summed E-state index contributed by atoms with van der Waals surface area (Å²) in [6.45, 7) is 0. The molecule has 0 radical (unpaired) electrons. The zero-order valence-electron chi connectivity index (χ0n) is 15.2. The molecule has 138 valence electrons. The van der Waals surface area contributed by atoms with E-state index in [0.29, 0.717) is 34.4 Å². The minimum absolute atomic E-state index is 0.585. The highest BCUT2D eigenvalue weighted by molar-refractivity contribution is 5.73. The Labute approximate surface area is 164 Å². The summed E-state index contributed by atoms with van der Waals surface area (Å²) in [6, 6.07) is 30.5. The molecule has 0 saturated carbocycles. The third kappa shape index (κ3) is 3.91. The Morgan fingerprint density at radius 3 is 2.07 bits per heavy atom. The number of benzene rings is 4. The van der Waals surface area contributed by atoms with E-state index in [1.807, 2.05) is 91.0 Å². The second-order valence-electron chi connectivity index (χ2n) is 6.34. The van der Waals surface area contributed by atoms with Crippen molar-refractivity contribution in [3.63, 3.8) is 0 Å². The van der Waals surface area contributed by atoms with Gasteiger partial charge in [-0.05, 0) is 48.0 Å². The third-order valence-electron chi connectivity index (χ3n) is 4.27. The molecule has 0 fully saturated rings. The number of rotatable bonds is 5. The van der Waals surface area contributed by atoms with Crippen molar-refractivity contribution in [2.24, 2.45) is 0 Å². The van der Waals surface area contributed by atoms with Crippen LogP contribution >= 0.6 is 0 Å². The summed E-state index contributed by atoms with van der Waals surface area (Å²) >= 11 is 0. The van der Waals surface area contributed by atoms with E-state index in [-0.39, 0.29) is 0 Å². The maximum absolute atomic E-state index is 6.12. The molecule has 28 heavy (non-hydrogen) atoms. The van der Waals surface area contributed by atoms with Crippen molar-refractivity contribution >= 4 is 11.4 Å². The van der Waals surface area contributed by atoms with Crippen molar-refractivity contribution in [2.45, 2.75) is 0 Å². The smallest absolute Gasteiger partial charge is 0.150 e. The van der Waals surface area contributed by atoms with Crippen molar-refractivity contribution in [2.75, 3.05) is 11.5 Å². The van der Waals surface area contributed by atoms with Gasteiger partial charge in [0.25, 0.3) is 0 Å². The predicted octanol–water partition coefficient (Wildman–Crippen LogP) is 6.10. The Hall–Kier alpha value is -3.92. The predicted molar refractivity (Wildman–Crippen MR) is 114 cm³/mol. The van der Waals surface area contributed by atoms with E-state index >= 15 is 0 Å². The van der Waals surface area contributed by atoms with E-state index in [1.54, 1.807) is 6.07 Å². The average molecular weight is 368 g/mol. The van der Waals surface area contributed by atoms with E-state index in [9.17, 15) is 0 Å². The van der Waals surface area contributed by atoms with Gasteiger partial charge >= 0.3 is 0 Å². The summed E-state index contributed by atoms with van der Waals surface area (Å²) in [7, 11) is 0. The van der Waals surface area contributed by atoms with E-state index in [1.165, 1.54) is 0 Å². The standard InChI is InChI=1S/C24H20N2O2/c25-18-9-6-10-19(15-18)27-20-13-14-23(28-24-12-5-4-11-22(24)26)21(16-20)17-7-2-1-3-8-17/h1-16H,25-26H2. The normalized spacial score (nSPS) is 10.4. The quantitative estimate of drug-likeness (QED) is 0.417. The molecule has 4 rings (SSSR count). The third-order valence-corrected chi connectivity index (χ3v) is 4.27. The monoisotopic (exact) mass is 368 g/mol. The van der Waals surface area contributed by atoms with Crippen LogP contribution in [0.15, 0.2) is 97.1 Å². The molecule has 0 aliphatic heterocycles. The molecule has 0 bridgehead atoms. The molecule has 0 spiro atoms. The van der Waals surface area contributed by atoms with Crippen LogP contribution in [-0.4, -0.2) is 0 Å². The summed E-state index contributed by atoms with van der Waals surface area (Å²) in [5.74, 6) is 2.69. The SMILES string of the molecule is Nc1cccc(Oc2ccc(Oc3ccccc3N)c(-c3ccccc3)c2)c1. The fourth-order valence-corrected chi connectivity index (χ4v) is 2.91. The molecule has 0 unspecified atom stereocenters. The highest BCUT2D eigenvalue weighted by Gasteiger charge is 2.11. The fourth-order valence-electron chi connectivity index (χ4n) is 2.91. The molecule has 4 aromatic carbocycles. The Balaban J connectivity index is 1.73. The van der Waals surface area contributed by atoms with E-state index < -0.39 is 0 Å². The van der Waals surface area contributed by atoms with Crippen molar-refractivity contribution in [3.05, 3.63) is 97.1 Å². The fraction of sp³-hybridized carbons (Fsp3) is 0.